The smallest absolute Gasteiger partial charge is 0.331 e. The van der Waals surface area contributed by atoms with Gasteiger partial charge in [-0.1, -0.05) is 42.5 Å². The van der Waals surface area contributed by atoms with E-state index in [0.29, 0.717) is 17.7 Å². The number of ether oxygens (including phenoxy) is 1. The van der Waals surface area contributed by atoms with Crippen molar-refractivity contribution < 1.29 is 27.5 Å². The van der Waals surface area contributed by atoms with Crippen LogP contribution in [0.15, 0.2) is 64.5 Å². The van der Waals surface area contributed by atoms with E-state index in [0.717, 1.165) is 0 Å². The molecular weight excluding hydrogens is 436 g/mol. The number of imide groups is 1. The second-order valence-electron chi connectivity index (χ2n) is 6.83. The predicted octanol–water partition coefficient (Wildman–Crippen LogP) is 1.24. The summed E-state index contributed by atoms with van der Waals surface area (Å²) in [7, 11) is -3.77. The number of amidine groups is 1. The lowest BCUT2D eigenvalue weighted by molar-refractivity contribution is -0.156. The number of esters is 1. The number of sulfonamides is 1. The molecule has 0 fully saturated rings. The largest absolute Gasteiger partial charge is 0.446 e. The number of benzene rings is 2. The molecule has 3 rings (SSSR count). The van der Waals surface area contributed by atoms with Gasteiger partial charge in [0.05, 0.1) is 4.90 Å². The van der Waals surface area contributed by atoms with E-state index in [-0.39, 0.29) is 10.7 Å². The van der Waals surface area contributed by atoms with Gasteiger partial charge in [0.25, 0.3) is 15.9 Å². The van der Waals surface area contributed by atoms with Gasteiger partial charge in [-0.05, 0) is 26.0 Å². The molecule has 1 unspecified atom stereocenters. The molecule has 0 bridgehead atoms. The maximum atomic E-state index is 12.7. The minimum Gasteiger partial charge on any atom is -0.446 e. The number of carbonyl (C=O) groups is 3. The Labute approximate surface area is 185 Å². The van der Waals surface area contributed by atoms with E-state index in [1.165, 1.54) is 13.0 Å². The van der Waals surface area contributed by atoms with E-state index < -0.39 is 40.1 Å². The number of carbonyl (C=O) groups excluding carboxylic acids is 3. The number of rotatable bonds is 6. The topological polar surface area (TPSA) is 143 Å². The Bertz CT molecular complexity index is 1160. The summed E-state index contributed by atoms with van der Waals surface area (Å²) < 4.78 is 32.1. The number of urea groups is 1. The molecule has 0 saturated carbocycles. The Morgan fingerprint density at radius 3 is 2.41 bits per heavy atom. The van der Waals surface area contributed by atoms with Gasteiger partial charge in [0.1, 0.15) is 11.9 Å². The first-order chi connectivity index (χ1) is 15.2. The van der Waals surface area contributed by atoms with E-state index in [1.807, 2.05) is 0 Å². The van der Waals surface area contributed by atoms with Crippen molar-refractivity contribution in [2.24, 2.45) is 4.99 Å². The number of fused-ring (bicyclic) bond motifs is 1. The summed E-state index contributed by atoms with van der Waals surface area (Å²) >= 11 is 0. The van der Waals surface area contributed by atoms with Crippen molar-refractivity contribution in [1.82, 2.24) is 15.4 Å². The molecule has 0 saturated heterocycles. The van der Waals surface area contributed by atoms with Crippen LogP contribution in [0.1, 0.15) is 31.1 Å². The molecule has 2 aromatic carbocycles. The van der Waals surface area contributed by atoms with E-state index in [1.54, 1.807) is 55.5 Å². The standard InChI is InChI=1S/C21H22N4O6S/c1-3-22-21(28)24-19(26)17(14-9-5-4-6-10-14)31-20(27)13(2)23-18-15-11-7-8-12-16(15)32(29,30)25-18/h4-13,17H,3H2,1-2H3,(H,23,25)(H2,22,24,26,28)/t13-,17?/m0/s1. The molecule has 168 valence electrons. The molecule has 1 heterocycles. The van der Waals surface area contributed by atoms with Crippen molar-refractivity contribution in [3.63, 3.8) is 0 Å². The molecule has 1 aliphatic heterocycles. The van der Waals surface area contributed by atoms with Crippen LogP contribution in [0.3, 0.4) is 0 Å². The highest BCUT2D eigenvalue weighted by molar-refractivity contribution is 7.90. The van der Waals surface area contributed by atoms with Gasteiger partial charge >= 0.3 is 12.0 Å². The summed E-state index contributed by atoms with van der Waals surface area (Å²) in [5, 5.41) is 4.55. The molecule has 1 aliphatic rings. The molecule has 3 N–H and O–H groups in total. The van der Waals surface area contributed by atoms with Crippen LogP contribution < -0.4 is 15.4 Å². The monoisotopic (exact) mass is 458 g/mol. The Hall–Kier alpha value is -3.73. The maximum Gasteiger partial charge on any atom is 0.331 e. The predicted molar refractivity (Wildman–Crippen MR) is 115 cm³/mol. The van der Waals surface area contributed by atoms with Crippen LogP contribution in [-0.4, -0.2) is 44.7 Å². The Balaban J connectivity index is 1.81. The average Bonchev–Trinajstić information content (AvgIpc) is 3.02. The van der Waals surface area contributed by atoms with Crippen molar-refractivity contribution in [1.29, 1.82) is 0 Å². The van der Waals surface area contributed by atoms with Crippen molar-refractivity contribution in [2.75, 3.05) is 6.54 Å². The van der Waals surface area contributed by atoms with Crippen LogP contribution in [0.2, 0.25) is 0 Å². The van der Waals surface area contributed by atoms with Crippen molar-refractivity contribution in [3.8, 4) is 0 Å². The molecule has 2 atom stereocenters. The van der Waals surface area contributed by atoms with E-state index in [4.69, 9.17) is 4.74 Å². The number of nitrogens with one attached hydrogen (secondary N) is 3. The van der Waals surface area contributed by atoms with Crippen molar-refractivity contribution >= 4 is 33.8 Å². The lowest BCUT2D eigenvalue weighted by Crippen LogP contribution is -2.43. The molecule has 11 heteroatoms. The summed E-state index contributed by atoms with van der Waals surface area (Å²) in [6, 6.07) is 12.6. The lowest BCUT2D eigenvalue weighted by atomic mass is 10.1. The Kier molecular flexibility index (Phi) is 6.89. The first-order valence-electron chi connectivity index (χ1n) is 9.77. The molecule has 32 heavy (non-hydrogen) atoms. The fourth-order valence-corrected chi connectivity index (χ4v) is 4.21. The molecule has 0 aliphatic carbocycles. The van der Waals surface area contributed by atoms with Gasteiger partial charge in [-0.25, -0.2) is 18.0 Å². The van der Waals surface area contributed by atoms with E-state index in [9.17, 15) is 22.8 Å². The van der Waals surface area contributed by atoms with Gasteiger partial charge in [0, 0.05) is 17.7 Å². The van der Waals surface area contributed by atoms with Gasteiger partial charge in [-0.15, -0.1) is 0 Å². The quantitative estimate of drug-likeness (QED) is 0.556. The van der Waals surface area contributed by atoms with Crippen LogP contribution in [-0.2, 0) is 24.3 Å². The van der Waals surface area contributed by atoms with Gasteiger partial charge in [0.2, 0.25) is 6.10 Å². The summed E-state index contributed by atoms with van der Waals surface area (Å²) in [5.74, 6) is -1.70. The lowest BCUT2D eigenvalue weighted by Gasteiger charge is -2.19. The van der Waals surface area contributed by atoms with Crippen molar-refractivity contribution in [3.05, 3.63) is 65.7 Å². The number of nitrogens with zero attached hydrogens (tertiary/aromatic N) is 1. The summed E-state index contributed by atoms with van der Waals surface area (Å²) in [5.41, 5.74) is 0.690. The third-order valence-electron chi connectivity index (χ3n) is 4.48. The van der Waals surface area contributed by atoms with E-state index >= 15 is 0 Å². The number of hydrogen-bond acceptors (Lipinski definition) is 7. The first-order valence-corrected chi connectivity index (χ1v) is 11.3. The highest BCUT2D eigenvalue weighted by Gasteiger charge is 2.33. The van der Waals surface area contributed by atoms with Crippen molar-refractivity contribution in [2.45, 2.75) is 30.9 Å². The van der Waals surface area contributed by atoms with Gasteiger partial charge in [0.15, 0.2) is 0 Å². The molecule has 2 aromatic rings. The zero-order chi connectivity index (χ0) is 23.3. The summed E-state index contributed by atoms with van der Waals surface area (Å²) in [6.07, 6.45) is -1.40. The highest BCUT2D eigenvalue weighted by Crippen LogP contribution is 2.23. The molecule has 0 spiro atoms. The third-order valence-corrected chi connectivity index (χ3v) is 5.87. The van der Waals surface area contributed by atoms with Crippen LogP contribution in [0.25, 0.3) is 0 Å². The first kappa shape index (κ1) is 22.9. The molecule has 10 nitrogen and oxygen atoms in total. The fraction of sp³-hybridized carbons (Fsp3) is 0.238. The van der Waals surface area contributed by atoms with Crippen LogP contribution >= 0.6 is 0 Å². The molecule has 0 aromatic heterocycles. The highest BCUT2D eigenvalue weighted by atomic mass is 32.2. The Morgan fingerprint density at radius 1 is 1.06 bits per heavy atom. The zero-order valence-electron chi connectivity index (χ0n) is 17.4. The third kappa shape index (κ3) is 5.11. The van der Waals surface area contributed by atoms with Gasteiger partial charge in [-0.2, -0.15) is 0 Å². The zero-order valence-corrected chi connectivity index (χ0v) is 18.2. The average molecular weight is 458 g/mol. The van der Waals surface area contributed by atoms with Crippen LogP contribution in [0.4, 0.5) is 4.79 Å². The fourth-order valence-electron chi connectivity index (χ4n) is 2.97. The second kappa shape index (κ2) is 9.60. The van der Waals surface area contributed by atoms with Crippen LogP contribution in [0.5, 0.6) is 0 Å². The summed E-state index contributed by atoms with van der Waals surface area (Å²) in [4.78, 5) is 41.3. The number of hydrogen-bond donors (Lipinski definition) is 3. The minimum absolute atomic E-state index is 0.00749. The molecule has 0 radical (unpaired) electrons. The molecular formula is C21H22N4O6S. The van der Waals surface area contributed by atoms with E-state index in [2.05, 4.69) is 20.3 Å². The maximum absolute atomic E-state index is 12.7. The van der Waals surface area contributed by atoms with Gasteiger partial charge < -0.3 is 10.1 Å². The molecule has 3 amide bonds. The van der Waals surface area contributed by atoms with Crippen LogP contribution in [0, 0.1) is 0 Å². The minimum atomic E-state index is -3.77. The number of aliphatic imine (C=N–C) groups is 1. The number of amides is 3. The SMILES string of the molecule is CCNC(=O)NC(=O)C(OC(=O)[C@H](C)N=C1NS(=O)(=O)c2ccccc21)c1ccccc1. The Morgan fingerprint density at radius 2 is 1.72 bits per heavy atom. The second-order valence-corrected chi connectivity index (χ2v) is 8.48. The van der Waals surface area contributed by atoms with Gasteiger partial charge in [-0.3, -0.25) is 19.8 Å². The normalized spacial score (nSPS) is 16.9. The summed E-state index contributed by atoms with van der Waals surface area (Å²) in [6.45, 7) is 3.41.